The number of rotatable bonds is 15. The number of ether oxygens (including phenoxy) is 2. The van der Waals surface area contributed by atoms with Gasteiger partial charge in [-0.05, 0) is 71.9 Å². The summed E-state index contributed by atoms with van der Waals surface area (Å²) in [4.78, 5) is 6.24. The summed E-state index contributed by atoms with van der Waals surface area (Å²) in [5.41, 5.74) is 5.99. The highest BCUT2D eigenvalue weighted by Crippen LogP contribution is 2.39. The number of unbranched alkanes of at least 4 members (excludes halogenated alkanes) is 3. The van der Waals surface area contributed by atoms with E-state index in [2.05, 4.69) is 87.9 Å². The van der Waals surface area contributed by atoms with E-state index in [0.29, 0.717) is 6.61 Å². The summed E-state index contributed by atoms with van der Waals surface area (Å²) >= 11 is 0. The van der Waals surface area contributed by atoms with Crippen LogP contribution in [0.5, 0.6) is 11.5 Å². The van der Waals surface area contributed by atoms with Gasteiger partial charge in [0.25, 0.3) is 0 Å². The highest BCUT2D eigenvalue weighted by atomic mass is 28.4. The Morgan fingerprint density at radius 3 is 1.54 bits per heavy atom. The highest BCUT2D eigenvalue weighted by Gasteiger charge is 2.38. The molecule has 3 rings (SSSR count). The van der Waals surface area contributed by atoms with Gasteiger partial charge in [0.1, 0.15) is 17.0 Å². The normalized spacial score (nSPS) is 12.4. The second-order valence-corrected chi connectivity index (χ2v) is 16.4. The van der Waals surface area contributed by atoms with Crippen molar-refractivity contribution in [3.05, 3.63) is 95.6 Å². The molecule has 5 nitrogen and oxygen atoms in total. The minimum atomic E-state index is -1.67. The van der Waals surface area contributed by atoms with E-state index < -0.39 is 13.9 Å². The second kappa shape index (κ2) is 14.1. The Labute approximate surface area is 236 Å². The fourth-order valence-corrected chi connectivity index (χ4v) is 5.47. The summed E-state index contributed by atoms with van der Waals surface area (Å²) in [5, 5.41) is 0.255. The van der Waals surface area contributed by atoms with Crippen molar-refractivity contribution in [2.24, 2.45) is 0 Å². The molecule has 0 heterocycles. The SMILES string of the molecule is COc1ccc(C(NOCCCCCCO[Si](C)(C)C(C)(C)C)(c2ccccc2)c2ccc(OC)cc2)cc1. The average molecular weight is 550 g/mol. The average Bonchev–Trinajstić information content (AvgIpc) is 2.94. The van der Waals surface area contributed by atoms with Crippen LogP contribution in [0.1, 0.15) is 63.1 Å². The first-order valence-electron chi connectivity index (χ1n) is 14.0. The number of hydrogen-bond donors (Lipinski definition) is 1. The number of hydrogen-bond acceptors (Lipinski definition) is 5. The topological polar surface area (TPSA) is 49.0 Å². The van der Waals surface area contributed by atoms with E-state index in [9.17, 15) is 0 Å². The van der Waals surface area contributed by atoms with E-state index in [-0.39, 0.29) is 5.04 Å². The van der Waals surface area contributed by atoms with Crippen molar-refractivity contribution in [3.63, 3.8) is 0 Å². The van der Waals surface area contributed by atoms with Gasteiger partial charge in [0, 0.05) is 6.61 Å². The molecule has 0 aromatic heterocycles. The van der Waals surface area contributed by atoms with Crippen molar-refractivity contribution in [3.8, 4) is 11.5 Å². The van der Waals surface area contributed by atoms with E-state index in [1.165, 1.54) is 0 Å². The predicted molar refractivity (Wildman–Crippen MR) is 163 cm³/mol. The Hall–Kier alpha value is -2.64. The van der Waals surface area contributed by atoms with Gasteiger partial charge < -0.3 is 18.7 Å². The van der Waals surface area contributed by atoms with Crippen LogP contribution in [0.3, 0.4) is 0 Å². The fraction of sp³-hybridized carbons (Fsp3) is 0.455. The first-order chi connectivity index (χ1) is 18.6. The predicted octanol–water partition coefficient (Wildman–Crippen LogP) is 8.10. The third-order valence-corrected chi connectivity index (χ3v) is 12.4. The molecule has 212 valence electrons. The zero-order valence-electron chi connectivity index (χ0n) is 24.9. The number of benzene rings is 3. The van der Waals surface area contributed by atoms with Gasteiger partial charge in [-0.25, -0.2) is 0 Å². The van der Waals surface area contributed by atoms with Crippen molar-refractivity contribution in [1.29, 1.82) is 0 Å². The van der Waals surface area contributed by atoms with Crippen LogP contribution in [0.25, 0.3) is 0 Å². The quantitative estimate of drug-likeness (QED) is 0.0898. The molecule has 0 atom stereocenters. The van der Waals surface area contributed by atoms with E-state index in [4.69, 9.17) is 18.7 Å². The Balaban J connectivity index is 1.71. The largest absolute Gasteiger partial charge is 0.497 e. The van der Waals surface area contributed by atoms with Crippen LogP contribution in [0, 0.1) is 0 Å². The molecule has 3 aromatic carbocycles. The summed E-state index contributed by atoms with van der Waals surface area (Å²) in [5.74, 6) is 1.63. The first kappa shape index (κ1) is 30.9. The Kier molecular flexibility index (Phi) is 11.2. The second-order valence-electron chi connectivity index (χ2n) is 11.5. The monoisotopic (exact) mass is 549 g/mol. The zero-order valence-corrected chi connectivity index (χ0v) is 25.9. The summed E-state index contributed by atoms with van der Waals surface area (Å²) in [6.07, 6.45) is 4.31. The summed E-state index contributed by atoms with van der Waals surface area (Å²) < 4.78 is 17.2. The van der Waals surface area contributed by atoms with Gasteiger partial charge in [-0.1, -0.05) is 88.2 Å². The number of nitrogens with one attached hydrogen (secondary N) is 1. The molecular formula is C33H47NO4Si. The maximum Gasteiger partial charge on any atom is 0.191 e. The molecule has 0 radical (unpaired) electrons. The van der Waals surface area contributed by atoms with Crippen molar-refractivity contribution < 1.29 is 18.7 Å². The lowest BCUT2D eigenvalue weighted by Crippen LogP contribution is -2.44. The standard InChI is InChI=1S/C33H47NO4Si/c1-32(2,3)39(6,7)38-26-14-9-8-13-25-37-34-33(27-15-11-10-12-16-27,28-17-21-30(35-4)22-18-28)29-19-23-31(36-5)24-20-29/h10-12,15-24,34H,8-9,13-14,25-26H2,1-7H3. The third-order valence-electron chi connectivity index (χ3n) is 7.89. The van der Waals surface area contributed by atoms with Crippen molar-refractivity contribution in [2.45, 2.75) is 70.1 Å². The summed E-state index contributed by atoms with van der Waals surface area (Å²) in [6, 6.07) is 26.7. The molecule has 0 bridgehead atoms. The minimum Gasteiger partial charge on any atom is -0.497 e. The molecule has 0 amide bonds. The van der Waals surface area contributed by atoms with Crippen LogP contribution in [-0.4, -0.2) is 35.8 Å². The lowest BCUT2D eigenvalue weighted by molar-refractivity contribution is -0.00152. The highest BCUT2D eigenvalue weighted by molar-refractivity contribution is 6.74. The van der Waals surface area contributed by atoms with Gasteiger partial charge in [0.05, 0.1) is 20.8 Å². The molecule has 1 N–H and O–H groups in total. The van der Waals surface area contributed by atoms with Gasteiger partial charge in [0.2, 0.25) is 0 Å². The van der Waals surface area contributed by atoms with Crippen LogP contribution in [0.15, 0.2) is 78.9 Å². The molecule has 0 fully saturated rings. The maximum absolute atomic E-state index is 6.32. The van der Waals surface area contributed by atoms with Crippen LogP contribution >= 0.6 is 0 Å². The zero-order chi connectivity index (χ0) is 28.4. The van der Waals surface area contributed by atoms with Crippen LogP contribution in [-0.2, 0) is 14.8 Å². The van der Waals surface area contributed by atoms with Gasteiger partial charge in [0.15, 0.2) is 8.32 Å². The molecule has 0 unspecified atom stereocenters. The summed E-state index contributed by atoms with van der Waals surface area (Å²) in [6.45, 7) is 13.0. The van der Waals surface area contributed by atoms with Crippen molar-refractivity contribution in [2.75, 3.05) is 27.4 Å². The molecule has 0 aliphatic heterocycles. The van der Waals surface area contributed by atoms with Crippen LogP contribution in [0.4, 0.5) is 0 Å². The molecule has 6 heteroatoms. The molecule has 39 heavy (non-hydrogen) atoms. The Bertz CT molecular complexity index is 1060. The molecule has 0 spiro atoms. The summed E-state index contributed by atoms with van der Waals surface area (Å²) in [7, 11) is 1.70. The van der Waals surface area contributed by atoms with E-state index in [1.54, 1.807) is 14.2 Å². The molecule has 0 aliphatic rings. The van der Waals surface area contributed by atoms with Gasteiger partial charge >= 0.3 is 0 Å². The lowest BCUT2D eigenvalue weighted by Gasteiger charge is -2.36. The number of hydroxylamine groups is 1. The third kappa shape index (κ3) is 7.95. The van der Waals surface area contributed by atoms with Gasteiger partial charge in [-0.3, -0.25) is 0 Å². The van der Waals surface area contributed by atoms with E-state index >= 15 is 0 Å². The maximum atomic E-state index is 6.32. The lowest BCUT2D eigenvalue weighted by atomic mass is 9.77. The molecular weight excluding hydrogens is 502 g/mol. The Morgan fingerprint density at radius 1 is 0.615 bits per heavy atom. The van der Waals surface area contributed by atoms with Crippen LogP contribution < -0.4 is 15.0 Å². The first-order valence-corrected chi connectivity index (χ1v) is 16.9. The minimum absolute atomic E-state index is 0.255. The van der Waals surface area contributed by atoms with Crippen molar-refractivity contribution >= 4 is 8.32 Å². The molecule has 3 aromatic rings. The van der Waals surface area contributed by atoms with Crippen molar-refractivity contribution in [1.82, 2.24) is 5.48 Å². The van der Waals surface area contributed by atoms with Crippen LogP contribution in [0.2, 0.25) is 18.1 Å². The molecule has 0 saturated carbocycles. The van der Waals surface area contributed by atoms with E-state index in [0.717, 1.165) is 60.5 Å². The number of methoxy groups -OCH3 is 2. The van der Waals surface area contributed by atoms with Gasteiger partial charge in [-0.2, -0.15) is 5.48 Å². The molecule has 0 saturated heterocycles. The smallest absolute Gasteiger partial charge is 0.191 e. The Morgan fingerprint density at radius 2 is 1.08 bits per heavy atom. The van der Waals surface area contributed by atoms with E-state index in [1.807, 2.05) is 30.3 Å². The fourth-order valence-electron chi connectivity index (χ4n) is 4.38. The van der Waals surface area contributed by atoms with Gasteiger partial charge in [-0.15, -0.1) is 0 Å². The molecule has 0 aliphatic carbocycles.